The van der Waals surface area contributed by atoms with Gasteiger partial charge in [0, 0.05) is 31.5 Å². The van der Waals surface area contributed by atoms with Gasteiger partial charge in [0.2, 0.25) is 10.0 Å². The molecule has 2 aliphatic heterocycles. The van der Waals surface area contributed by atoms with E-state index in [1.165, 1.54) is 50.9 Å². The van der Waals surface area contributed by atoms with E-state index in [1.807, 2.05) is 13.8 Å². The molecule has 13 heteroatoms. The molecule has 1 amide bonds. The number of fused-ring (bicyclic) bond motifs is 1. The number of amides is 1. The van der Waals surface area contributed by atoms with E-state index < -0.39 is 19.9 Å². The third-order valence-corrected chi connectivity index (χ3v) is 10.8. The van der Waals surface area contributed by atoms with Gasteiger partial charge >= 0.3 is 0 Å². The lowest BCUT2D eigenvalue weighted by molar-refractivity contribution is -0.0440. The van der Waals surface area contributed by atoms with E-state index in [4.69, 9.17) is 9.47 Å². The number of aromatic nitrogens is 1. The lowest BCUT2D eigenvalue weighted by Crippen LogP contribution is -2.48. The molecular weight excluding hydrogens is 563 g/mol. The average Bonchev–Trinajstić information content (AvgIpc) is 3.55. The number of sulfone groups is 1. The Morgan fingerprint density at radius 2 is 1.72 bits per heavy atom. The minimum atomic E-state index is -3.75. The Balaban J connectivity index is 1.44. The molecule has 0 aliphatic carbocycles. The van der Waals surface area contributed by atoms with E-state index in [1.54, 1.807) is 12.1 Å². The largest absolute Gasteiger partial charge is 0.376 e. The van der Waals surface area contributed by atoms with Crippen LogP contribution in [0.15, 0.2) is 52.3 Å². The molecule has 3 atom stereocenters. The smallest absolute Gasteiger partial charge is 0.260 e. The monoisotopic (exact) mass is 593 g/mol. The number of sulfonamides is 1. The van der Waals surface area contributed by atoms with Gasteiger partial charge in [-0.25, -0.2) is 21.8 Å². The molecule has 0 N–H and O–H groups in total. The summed E-state index contributed by atoms with van der Waals surface area (Å²) in [4.78, 5) is 20.2. The highest BCUT2D eigenvalue weighted by atomic mass is 32.2. The molecule has 2 aliphatic rings. The lowest BCUT2D eigenvalue weighted by atomic mass is 10.2. The standard InChI is InChI=1S/C26H31N3O7S3/c1-17-14-28(15-18(2)36-17)39(33,34)21-8-6-19(7-9-21)25(30)29(16-20-5-4-12-35-20)26-27-23-11-10-22(38(3,31)32)13-24(23)37-26/h6-11,13,17-18,20H,4-5,12,14-16H2,1-3H3. The zero-order chi connectivity index (χ0) is 27.9. The molecule has 2 fully saturated rings. The van der Waals surface area contributed by atoms with Gasteiger partial charge in [-0.2, -0.15) is 4.31 Å². The van der Waals surface area contributed by atoms with Crippen molar-refractivity contribution in [1.82, 2.24) is 9.29 Å². The highest BCUT2D eigenvalue weighted by Gasteiger charge is 2.33. The number of thiazole rings is 1. The van der Waals surface area contributed by atoms with Gasteiger partial charge in [-0.3, -0.25) is 9.69 Å². The molecule has 39 heavy (non-hydrogen) atoms. The molecule has 2 aromatic carbocycles. The summed E-state index contributed by atoms with van der Waals surface area (Å²) in [5, 5.41) is 0.421. The second-order valence-electron chi connectivity index (χ2n) is 10.1. The number of benzene rings is 2. The fourth-order valence-corrected chi connectivity index (χ4v) is 8.20. The van der Waals surface area contributed by atoms with E-state index in [0.29, 0.717) is 27.5 Å². The Bertz CT molecular complexity index is 1570. The normalized spacial score (nSPS) is 22.8. The van der Waals surface area contributed by atoms with Crippen LogP contribution in [0.3, 0.4) is 0 Å². The molecule has 3 aromatic rings. The summed E-state index contributed by atoms with van der Waals surface area (Å²) < 4.78 is 64.1. The molecular formula is C26H31N3O7S3. The number of rotatable bonds is 7. The summed E-state index contributed by atoms with van der Waals surface area (Å²) in [6.07, 6.45) is 2.28. The van der Waals surface area contributed by atoms with Gasteiger partial charge < -0.3 is 9.47 Å². The molecule has 210 valence electrons. The Morgan fingerprint density at radius 3 is 2.33 bits per heavy atom. The molecule has 5 rings (SSSR count). The van der Waals surface area contributed by atoms with Crippen molar-refractivity contribution < 1.29 is 31.1 Å². The van der Waals surface area contributed by atoms with Gasteiger partial charge in [-0.15, -0.1) is 0 Å². The van der Waals surface area contributed by atoms with Crippen LogP contribution in [0, 0.1) is 0 Å². The van der Waals surface area contributed by atoms with Crippen molar-refractivity contribution in [2.45, 2.75) is 54.8 Å². The van der Waals surface area contributed by atoms with Crippen LogP contribution in [0.25, 0.3) is 10.2 Å². The van der Waals surface area contributed by atoms with Crippen LogP contribution in [0.2, 0.25) is 0 Å². The van der Waals surface area contributed by atoms with Crippen LogP contribution in [-0.2, 0) is 29.3 Å². The van der Waals surface area contributed by atoms with Gasteiger partial charge in [0.1, 0.15) is 0 Å². The summed E-state index contributed by atoms with van der Waals surface area (Å²) in [5.74, 6) is -0.342. The molecule has 3 heterocycles. The Labute approximate surface area is 232 Å². The number of hydrogen-bond donors (Lipinski definition) is 0. The first-order valence-corrected chi connectivity index (χ1v) is 16.9. The molecule has 2 saturated heterocycles. The topological polar surface area (TPSA) is 123 Å². The van der Waals surface area contributed by atoms with E-state index in [0.717, 1.165) is 19.1 Å². The number of carbonyl (C=O) groups excluding carboxylic acids is 1. The van der Waals surface area contributed by atoms with Crippen LogP contribution >= 0.6 is 11.3 Å². The summed E-state index contributed by atoms with van der Waals surface area (Å²) >= 11 is 1.23. The number of morpholine rings is 1. The number of nitrogens with zero attached hydrogens (tertiary/aromatic N) is 3. The van der Waals surface area contributed by atoms with Crippen molar-refractivity contribution in [2.75, 3.05) is 37.4 Å². The van der Waals surface area contributed by atoms with Gasteiger partial charge in [0.05, 0.1) is 44.9 Å². The predicted molar refractivity (Wildman–Crippen MR) is 149 cm³/mol. The van der Waals surface area contributed by atoms with Gasteiger partial charge in [-0.1, -0.05) is 11.3 Å². The average molecular weight is 594 g/mol. The molecule has 1 aromatic heterocycles. The first-order chi connectivity index (χ1) is 18.4. The maximum absolute atomic E-state index is 13.7. The summed E-state index contributed by atoms with van der Waals surface area (Å²) in [7, 11) is -7.14. The van der Waals surface area contributed by atoms with Crippen LogP contribution < -0.4 is 4.90 Å². The second kappa shape index (κ2) is 10.9. The van der Waals surface area contributed by atoms with Gasteiger partial charge in [0.15, 0.2) is 15.0 Å². The molecule has 0 spiro atoms. The van der Waals surface area contributed by atoms with E-state index in [-0.39, 0.29) is 53.6 Å². The van der Waals surface area contributed by atoms with E-state index >= 15 is 0 Å². The third kappa shape index (κ3) is 6.03. The first-order valence-electron chi connectivity index (χ1n) is 12.7. The van der Waals surface area contributed by atoms with E-state index in [9.17, 15) is 21.6 Å². The SMILES string of the molecule is CC1CN(S(=O)(=O)c2ccc(C(=O)N(CC3CCCO3)c3nc4ccc(S(C)(=O)=O)cc4s3)cc2)CC(C)O1. The van der Waals surface area contributed by atoms with Crippen molar-refractivity contribution in [3.05, 3.63) is 48.0 Å². The molecule has 10 nitrogen and oxygen atoms in total. The minimum absolute atomic E-state index is 0.110. The summed E-state index contributed by atoms with van der Waals surface area (Å²) in [5.41, 5.74) is 0.898. The molecule has 0 radical (unpaired) electrons. The van der Waals surface area contributed by atoms with Crippen LogP contribution in [-0.4, -0.2) is 82.8 Å². The van der Waals surface area contributed by atoms with Crippen LogP contribution in [0.1, 0.15) is 37.0 Å². The third-order valence-electron chi connectivity index (χ3n) is 6.79. The second-order valence-corrected chi connectivity index (χ2v) is 15.0. The number of ether oxygens (including phenoxy) is 2. The Kier molecular flexibility index (Phi) is 7.83. The fraction of sp³-hybridized carbons (Fsp3) is 0.462. The van der Waals surface area contributed by atoms with Gasteiger partial charge in [0.25, 0.3) is 5.91 Å². The maximum atomic E-state index is 13.7. The molecule has 0 bridgehead atoms. The zero-order valence-electron chi connectivity index (χ0n) is 21.9. The first kappa shape index (κ1) is 28.1. The van der Waals surface area contributed by atoms with Crippen LogP contribution in [0.4, 0.5) is 5.13 Å². The number of hydrogen-bond acceptors (Lipinski definition) is 9. The predicted octanol–water partition coefficient (Wildman–Crippen LogP) is 3.32. The molecule has 3 unspecified atom stereocenters. The van der Waals surface area contributed by atoms with Crippen molar-refractivity contribution in [1.29, 1.82) is 0 Å². The molecule has 0 saturated carbocycles. The van der Waals surface area contributed by atoms with Crippen molar-refractivity contribution in [2.24, 2.45) is 0 Å². The Morgan fingerprint density at radius 1 is 1.05 bits per heavy atom. The maximum Gasteiger partial charge on any atom is 0.260 e. The highest BCUT2D eigenvalue weighted by Crippen LogP contribution is 2.33. The van der Waals surface area contributed by atoms with Crippen molar-refractivity contribution >= 4 is 52.5 Å². The van der Waals surface area contributed by atoms with Crippen molar-refractivity contribution in [3.8, 4) is 0 Å². The van der Waals surface area contributed by atoms with Crippen LogP contribution in [0.5, 0.6) is 0 Å². The zero-order valence-corrected chi connectivity index (χ0v) is 24.4. The highest BCUT2D eigenvalue weighted by molar-refractivity contribution is 7.90. The lowest BCUT2D eigenvalue weighted by Gasteiger charge is -2.34. The Hall–Kier alpha value is -2.42. The summed E-state index contributed by atoms with van der Waals surface area (Å²) in [6.45, 7) is 5.11. The van der Waals surface area contributed by atoms with E-state index in [2.05, 4.69) is 4.98 Å². The minimum Gasteiger partial charge on any atom is -0.376 e. The number of carbonyl (C=O) groups is 1. The summed E-state index contributed by atoms with van der Waals surface area (Å²) in [6, 6.07) is 10.6. The van der Waals surface area contributed by atoms with Crippen molar-refractivity contribution in [3.63, 3.8) is 0 Å². The quantitative estimate of drug-likeness (QED) is 0.409. The van der Waals surface area contributed by atoms with Gasteiger partial charge in [-0.05, 0) is 69.2 Å². The number of anilines is 1. The fourth-order valence-electron chi connectivity index (χ4n) is 4.88.